The van der Waals surface area contributed by atoms with Gasteiger partial charge in [0.25, 0.3) is 25.5 Å². The van der Waals surface area contributed by atoms with E-state index in [-0.39, 0.29) is 23.0 Å². The highest BCUT2D eigenvalue weighted by atomic mass is 32.2. The summed E-state index contributed by atoms with van der Waals surface area (Å²) in [7, 11) is -9.36. The van der Waals surface area contributed by atoms with Gasteiger partial charge in [-0.1, -0.05) is 6.07 Å². The zero-order valence-electron chi connectivity index (χ0n) is 15.6. The summed E-state index contributed by atoms with van der Waals surface area (Å²) in [6.45, 7) is 0.290. The number of nitro groups is 1. The second-order valence-electron chi connectivity index (χ2n) is 6.64. The highest BCUT2D eigenvalue weighted by Gasteiger charge is 2.47. The van der Waals surface area contributed by atoms with E-state index in [9.17, 15) is 40.1 Å². The number of sulfonamides is 1. The van der Waals surface area contributed by atoms with Crippen LogP contribution in [0.25, 0.3) is 0 Å². The van der Waals surface area contributed by atoms with Gasteiger partial charge in [-0.3, -0.25) is 10.1 Å². The Bertz CT molecular complexity index is 1170. The Morgan fingerprint density at radius 1 is 1.13 bits per heavy atom. The van der Waals surface area contributed by atoms with Gasteiger partial charge in [0.2, 0.25) is 0 Å². The van der Waals surface area contributed by atoms with Gasteiger partial charge in [-0.25, -0.2) is 16.8 Å². The fourth-order valence-electron chi connectivity index (χ4n) is 3.08. The zero-order valence-corrected chi connectivity index (χ0v) is 18.0. The first-order valence-electron chi connectivity index (χ1n) is 8.74. The van der Waals surface area contributed by atoms with Gasteiger partial charge in [0.15, 0.2) is 0 Å². The molecular weight excluding hydrogens is 483 g/mol. The lowest BCUT2D eigenvalue weighted by Crippen LogP contribution is -2.42. The van der Waals surface area contributed by atoms with Crippen LogP contribution in [0, 0.1) is 10.1 Å². The molecule has 170 valence electrons. The smallest absolute Gasteiger partial charge is 0.377 e. The molecule has 1 N–H and O–H groups in total. The monoisotopic (exact) mass is 499 g/mol. The summed E-state index contributed by atoms with van der Waals surface area (Å²) in [5.41, 5.74) is -6.55. The van der Waals surface area contributed by atoms with Gasteiger partial charge in [0.05, 0.1) is 9.82 Å². The molecule has 0 aliphatic carbocycles. The highest BCUT2D eigenvalue weighted by Crippen LogP contribution is 2.35. The van der Waals surface area contributed by atoms with Gasteiger partial charge < -0.3 is 5.32 Å². The molecule has 2 aromatic rings. The SMILES string of the molecule is O=[N+]([O-])c1cc(S(=O)(=O)C(F)(F)F)ccc1NC1CCN(S(=O)(=O)c2cccs2)CC1. The van der Waals surface area contributed by atoms with Gasteiger partial charge in [-0.2, -0.15) is 17.5 Å². The average Bonchev–Trinajstić information content (AvgIpc) is 3.23. The minimum absolute atomic E-state index is 0.145. The first-order valence-corrected chi connectivity index (χ1v) is 12.5. The third kappa shape index (κ3) is 4.68. The highest BCUT2D eigenvalue weighted by molar-refractivity contribution is 7.92. The van der Waals surface area contributed by atoms with Crippen LogP contribution in [0.1, 0.15) is 12.8 Å². The second kappa shape index (κ2) is 8.37. The van der Waals surface area contributed by atoms with E-state index in [2.05, 4.69) is 5.32 Å². The molecule has 1 aromatic heterocycles. The largest absolute Gasteiger partial charge is 0.501 e. The topological polar surface area (TPSA) is 127 Å². The molecule has 1 aliphatic rings. The summed E-state index contributed by atoms with van der Waals surface area (Å²) in [5, 5.41) is 15.8. The molecule has 1 aromatic carbocycles. The van der Waals surface area contributed by atoms with Gasteiger partial charge in [0, 0.05) is 25.2 Å². The molecule has 0 amide bonds. The molecule has 15 heteroatoms. The van der Waals surface area contributed by atoms with Gasteiger partial charge in [0.1, 0.15) is 9.90 Å². The van der Waals surface area contributed by atoms with Crippen LogP contribution in [0.4, 0.5) is 24.5 Å². The van der Waals surface area contributed by atoms with E-state index in [1.54, 1.807) is 11.4 Å². The maximum atomic E-state index is 12.7. The minimum atomic E-state index is -5.73. The molecule has 1 fully saturated rings. The molecular formula is C16H16F3N3O6S3. The van der Waals surface area contributed by atoms with Crippen molar-refractivity contribution < 1.29 is 34.9 Å². The van der Waals surface area contributed by atoms with Crippen molar-refractivity contribution >= 4 is 42.6 Å². The summed E-state index contributed by atoms with van der Waals surface area (Å²) in [6.07, 6.45) is 0.592. The van der Waals surface area contributed by atoms with Crippen molar-refractivity contribution in [2.45, 2.75) is 33.5 Å². The zero-order chi connectivity index (χ0) is 23.0. The van der Waals surface area contributed by atoms with Crippen molar-refractivity contribution in [1.29, 1.82) is 0 Å². The second-order valence-corrected chi connectivity index (χ2v) is 11.7. The van der Waals surface area contributed by atoms with Crippen LogP contribution in [-0.2, 0) is 19.9 Å². The average molecular weight is 500 g/mol. The molecule has 3 rings (SSSR count). The number of rotatable bonds is 6. The Kier molecular flexibility index (Phi) is 6.32. The molecule has 31 heavy (non-hydrogen) atoms. The molecule has 9 nitrogen and oxygen atoms in total. The van der Waals surface area contributed by atoms with Crippen LogP contribution in [0.3, 0.4) is 0 Å². The Morgan fingerprint density at radius 2 is 1.77 bits per heavy atom. The van der Waals surface area contributed by atoms with Crippen molar-refractivity contribution in [2.24, 2.45) is 0 Å². The fraction of sp³-hybridized carbons (Fsp3) is 0.375. The number of nitrogens with zero attached hydrogens (tertiary/aromatic N) is 2. The first kappa shape index (κ1) is 23.4. The molecule has 0 bridgehead atoms. The van der Waals surface area contributed by atoms with Crippen molar-refractivity contribution in [1.82, 2.24) is 4.31 Å². The maximum Gasteiger partial charge on any atom is 0.501 e. The number of hydrogen-bond donors (Lipinski definition) is 1. The van der Waals surface area contributed by atoms with Crippen LogP contribution in [0.5, 0.6) is 0 Å². The number of nitro benzene ring substituents is 1. The third-order valence-electron chi connectivity index (χ3n) is 4.68. The van der Waals surface area contributed by atoms with E-state index in [4.69, 9.17) is 0 Å². The number of anilines is 1. The Labute approximate surface area is 179 Å². The lowest BCUT2D eigenvalue weighted by molar-refractivity contribution is -0.384. The standard InChI is InChI=1S/C16H16F3N3O6S3/c17-16(18,19)30(25,26)12-3-4-13(14(10-12)22(23)24)20-11-5-7-21(8-6-11)31(27,28)15-2-1-9-29-15/h1-4,9-11,20H,5-8H2. The van der Waals surface area contributed by atoms with Gasteiger partial charge in [-0.05, 0) is 36.4 Å². The normalized spacial score (nSPS) is 16.9. The first-order chi connectivity index (χ1) is 14.3. The van der Waals surface area contributed by atoms with E-state index >= 15 is 0 Å². The van der Waals surface area contributed by atoms with E-state index in [0.29, 0.717) is 25.0 Å². The molecule has 0 unspecified atom stereocenters. The summed E-state index contributed by atoms with van der Waals surface area (Å²) in [4.78, 5) is 9.10. The van der Waals surface area contributed by atoms with Crippen molar-refractivity contribution in [3.8, 4) is 0 Å². The van der Waals surface area contributed by atoms with Crippen LogP contribution in [0.15, 0.2) is 44.8 Å². The van der Waals surface area contributed by atoms with Gasteiger partial charge >= 0.3 is 5.51 Å². The van der Waals surface area contributed by atoms with Crippen molar-refractivity contribution in [3.05, 3.63) is 45.8 Å². The Balaban J connectivity index is 1.76. The molecule has 0 spiro atoms. The summed E-state index contributed by atoms with van der Waals surface area (Å²) >= 11 is 1.09. The molecule has 2 heterocycles. The Morgan fingerprint density at radius 3 is 2.29 bits per heavy atom. The van der Waals surface area contributed by atoms with Crippen molar-refractivity contribution in [3.63, 3.8) is 0 Å². The van der Waals surface area contributed by atoms with Crippen LogP contribution in [0.2, 0.25) is 0 Å². The number of nitrogens with one attached hydrogen (secondary N) is 1. The Hall–Kier alpha value is -2.23. The number of halogens is 3. The summed E-state index contributed by atoms with van der Waals surface area (Å²) in [5.74, 6) is 0. The lowest BCUT2D eigenvalue weighted by Gasteiger charge is -2.31. The van der Waals surface area contributed by atoms with Crippen LogP contribution in [-0.4, -0.2) is 50.7 Å². The summed E-state index contributed by atoms with van der Waals surface area (Å²) < 4.78 is 87.9. The number of benzene rings is 1. The lowest BCUT2D eigenvalue weighted by atomic mass is 10.1. The van der Waals surface area contributed by atoms with Gasteiger partial charge in [-0.15, -0.1) is 11.3 Å². The number of alkyl halides is 3. The van der Waals surface area contributed by atoms with E-state index in [1.807, 2.05) is 0 Å². The number of thiophene rings is 1. The third-order valence-corrected chi connectivity index (χ3v) is 9.44. The number of hydrogen-bond acceptors (Lipinski definition) is 8. The molecule has 0 atom stereocenters. The van der Waals surface area contributed by atoms with E-state index in [1.165, 1.54) is 10.4 Å². The minimum Gasteiger partial charge on any atom is -0.377 e. The molecule has 1 saturated heterocycles. The number of sulfone groups is 1. The van der Waals surface area contributed by atoms with E-state index < -0.39 is 46.9 Å². The molecule has 1 aliphatic heterocycles. The van der Waals surface area contributed by atoms with Crippen molar-refractivity contribution in [2.75, 3.05) is 18.4 Å². The molecule has 0 saturated carbocycles. The quantitative estimate of drug-likeness (QED) is 0.478. The predicted octanol–water partition coefficient (Wildman–Crippen LogP) is 3.22. The molecule has 0 radical (unpaired) electrons. The van der Waals surface area contributed by atoms with Crippen LogP contribution >= 0.6 is 11.3 Å². The van der Waals surface area contributed by atoms with Crippen LogP contribution < -0.4 is 5.32 Å². The predicted molar refractivity (Wildman–Crippen MR) is 106 cm³/mol. The van der Waals surface area contributed by atoms with E-state index in [0.717, 1.165) is 17.4 Å². The summed E-state index contributed by atoms with van der Waals surface area (Å²) in [6, 6.07) is 4.64. The maximum absolute atomic E-state index is 12.7. The number of piperidine rings is 1. The fourth-order valence-corrected chi connectivity index (χ4v) is 6.48.